The highest BCUT2D eigenvalue weighted by atomic mass is 32.1. The molecule has 0 aliphatic heterocycles. The molecule has 0 radical (unpaired) electrons. The number of carbonyl (C=O) groups is 1. The van der Waals surface area contributed by atoms with Crippen molar-refractivity contribution in [3.63, 3.8) is 0 Å². The number of alkyl halides is 2. The topological polar surface area (TPSA) is 51.2 Å². The summed E-state index contributed by atoms with van der Waals surface area (Å²) in [6.07, 6.45) is 4.30. The van der Waals surface area contributed by atoms with E-state index in [1.54, 1.807) is 24.4 Å². The van der Waals surface area contributed by atoms with Crippen LogP contribution in [0.4, 0.5) is 13.9 Å². The average Bonchev–Trinajstić information content (AvgIpc) is 2.82. The average molecular weight is 310 g/mol. The second-order valence-corrected chi connectivity index (χ2v) is 5.25. The van der Waals surface area contributed by atoms with Gasteiger partial charge in [0.1, 0.15) is 5.75 Å². The number of carbonyl (C=O) groups excluding carboxylic acids is 1. The van der Waals surface area contributed by atoms with Crippen LogP contribution < -0.4 is 10.1 Å². The molecule has 0 atom stereocenters. The normalized spacial score (nSPS) is 11.0. The molecule has 0 fully saturated rings. The molecule has 21 heavy (non-hydrogen) atoms. The number of amides is 1. The number of para-hydroxylation sites is 1. The van der Waals surface area contributed by atoms with E-state index in [0.29, 0.717) is 10.7 Å². The molecule has 0 aliphatic rings. The maximum atomic E-state index is 12.3. The van der Waals surface area contributed by atoms with Crippen molar-refractivity contribution in [3.8, 4) is 5.75 Å². The Hall–Kier alpha value is -2.28. The summed E-state index contributed by atoms with van der Waals surface area (Å²) in [4.78, 5) is 16.7. The Kier molecular flexibility index (Phi) is 4.99. The quantitative estimate of drug-likeness (QED) is 0.857. The van der Waals surface area contributed by atoms with Crippen molar-refractivity contribution in [1.29, 1.82) is 0 Å². The molecule has 7 heteroatoms. The molecule has 1 aromatic carbocycles. The van der Waals surface area contributed by atoms with E-state index in [9.17, 15) is 13.6 Å². The molecule has 0 unspecified atom stereocenters. The SMILES string of the molecule is Cc1cnc(NC(=O)C=Cc2ccccc2OC(F)F)s1. The highest BCUT2D eigenvalue weighted by Gasteiger charge is 2.07. The van der Waals surface area contributed by atoms with Gasteiger partial charge in [-0.25, -0.2) is 4.98 Å². The monoisotopic (exact) mass is 310 g/mol. The summed E-state index contributed by atoms with van der Waals surface area (Å²) in [5.74, 6) is -0.377. The van der Waals surface area contributed by atoms with Gasteiger partial charge in [0, 0.05) is 22.7 Å². The summed E-state index contributed by atoms with van der Waals surface area (Å²) < 4.78 is 28.9. The molecule has 0 aliphatic carbocycles. The van der Waals surface area contributed by atoms with Crippen LogP contribution in [0, 0.1) is 6.92 Å². The van der Waals surface area contributed by atoms with Gasteiger partial charge in [-0.1, -0.05) is 18.2 Å². The summed E-state index contributed by atoms with van der Waals surface area (Å²) >= 11 is 1.35. The minimum Gasteiger partial charge on any atom is -0.434 e. The number of rotatable bonds is 5. The van der Waals surface area contributed by atoms with E-state index >= 15 is 0 Å². The third kappa shape index (κ3) is 4.64. The predicted molar refractivity (Wildman–Crippen MR) is 77.6 cm³/mol. The van der Waals surface area contributed by atoms with Gasteiger partial charge in [-0.05, 0) is 19.1 Å². The summed E-state index contributed by atoms with van der Waals surface area (Å²) in [5.41, 5.74) is 0.392. The van der Waals surface area contributed by atoms with Gasteiger partial charge in [-0.2, -0.15) is 8.78 Å². The molecule has 1 amide bonds. The molecule has 0 spiro atoms. The number of aryl methyl sites for hydroxylation is 1. The Morgan fingerprint density at radius 2 is 2.19 bits per heavy atom. The predicted octanol–water partition coefficient (Wildman–Crippen LogP) is 3.70. The molecule has 1 N–H and O–H groups in total. The Bertz CT molecular complexity index is 656. The van der Waals surface area contributed by atoms with Crippen LogP contribution in [0.2, 0.25) is 0 Å². The first-order chi connectivity index (χ1) is 10.0. The lowest BCUT2D eigenvalue weighted by molar-refractivity contribution is -0.111. The summed E-state index contributed by atoms with van der Waals surface area (Å²) in [5, 5.41) is 3.07. The van der Waals surface area contributed by atoms with Crippen molar-refractivity contribution in [2.45, 2.75) is 13.5 Å². The highest BCUT2D eigenvalue weighted by molar-refractivity contribution is 7.15. The molecule has 1 heterocycles. The smallest absolute Gasteiger partial charge is 0.387 e. The first-order valence-electron chi connectivity index (χ1n) is 6.00. The lowest BCUT2D eigenvalue weighted by Crippen LogP contribution is -2.07. The summed E-state index contributed by atoms with van der Waals surface area (Å²) in [6.45, 7) is -1.03. The molecular formula is C14H12F2N2O2S. The molecule has 2 rings (SSSR count). The molecule has 4 nitrogen and oxygen atoms in total. The molecular weight excluding hydrogens is 298 g/mol. The maximum Gasteiger partial charge on any atom is 0.387 e. The molecule has 1 aromatic heterocycles. The number of hydrogen-bond donors (Lipinski definition) is 1. The molecule has 0 bridgehead atoms. The molecule has 0 saturated carbocycles. The zero-order valence-electron chi connectivity index (χ0n) is 11.0. The van der Waals surface area contributed by atoms with Crippen LogP contribution in [0.3, 0.4) is 0 Å². The number of anilines is 1. The number of thiazole rings is 1. The third-order valence-electron chi connectivity index (χ3n) is 2.40. The molecule has 110 valence electrons. The van der Waals surface area contributed by atoms with Gasteiger partial charge in [0.2, 0.25) is 5.91 Å². The van der Waals surface area contributed by atoms with E-state index in [-0.39, 0.29) is 5.75 Å². The van der Waals surface area contributed by atoms with E-state index < -0.39 is 12.5 Å². The zero-order chi connectivity index (χ0) is 15.2. The van der Waals surface area contributed by atoms with E-state index in [0.717, 1.165) is 4.88 Å². The number of nitrogens with zero attached hydrogens (tertiary/aromatic N) is 1. The van der Waals surface area contributed by atoms with Gasteiger partial charge < -0.3 is 4.74 Å². The highest BCUT2D eigenvalue weighted by Crippen LogP contribution is 2.22. The lowest BCUT2D eigenvalue weighted by Gasteiger charge is -2.07. The van der Waals surface area contributed by atoms with Gasteiger partial charge in [0.05, 0.1) is 0 Å². The lowest BCUT2D eigenvalue weighted by atomic mass is 10.2. The van der Waals surface area contributed by atoms with Crippen molar-refractivity contribution < 1.29 is 18.3 Å². The van der Waals surface area contributed by atoms with Crippen LogP contribution in [-0.4, -0.2) is 17.5 Å². The minimum atomic E-state index is -2.91. The Balaban J connectivity index is 2.05. The minimum absolute atomic E-state index is 0.0154. The molecule has 2 aromatic rings. The number of benzene rings is 1. The van der Waals surface area contributed by atoms with Crippen molar-refractivity contribution in [2.24, 2.45) is 0 Å². The number of ether oxygens (including phenoxy) is 1. The van der Waals surface area contributed by atoms with Gasteiger partial charge in [0.25, 0.3) is 0 Å². The van der Waals surface area contributed by atoms with Crippen molar-refractivity contribution >= 4 is 28.5 Å². The first-order valence-corrected chi connectivity index (χ1v) is 6.81. The summed E-state index contributed by atoms with van der Waals surface area (Å²) in [7, 11) is 0. The van der Waals surface area contributed by atoms with Gasteiger partial charge >= 0.3 is 6.61 Å². The Labute approximate surface area is 124 Å². The number of hydrogen-bond acceptors (Lipinski definition) is 4. The summed E-state index contributed by atoms with van der Waals surface area (Å²) in [6, 6.07) is 6.23. The van der Waals surface area contributed by atoms with Crippen LogP contribution in [0.1, 0.15) is 10.4 Å². The molecule has 0 saturated heterocycles. The number of nitrogens with one attached hydrogen (secondary N) is 1. The van der Waals surface area contributed by atoms with Crippen LogP contribution in [0.5, 0.6) is 5.75 Å². The van der Waals surface area contributed by atoms with Gasteiger partial charge in [-0.15, -0.1) is 11.3 Å². The first kappa shape index (κ1) is 15.1. The fourth-order valence-corrected chi connectivity index (χ4v) is 2.21. The van der Waals surface area contributed by atoms with Crippen LogP contribution in [0.25, 0.3) is 6.08 Å². The van der Waals surface area contributed by atoms with Gasteiger partial charge in [0.15, 0.2) is 5.13 Å². The number of halogens is 2. The van der Waals surface area contributed by atoms with E-state index in [2.05, 4.69) is 15.0 Å². The fourth-order valence-electron chi connectivity index (χ4n) is 1.55. The van der Waals surface area contributed by atoms with Crippen LogP contribution in [0.15, 0.2) is 36.5 Å². The third-order valence-corrected chi connectivity index (χ3v) is 3.23. The standard InChI is InChI=1S/C14H12F2N2O2S/c1-9-8-17-14(21-9)18-12(19)7-6-10-4-2-3-5-11(10)20-13(15)16/h2-8,13H,1H3,(H,17,18,19). The Morgan fingerprint density at radius 3 is 2.86 bits per heavy atom. The van der Waals surface area contributed by atoms with Crippen LogP contribution in [-0.2, 0) is 4.79 Å². The van der Waals surface area contributed by atoms with E-state index in [4.69, 9.17) is 0 Å². The number of aromatic nitrogens is 1. The van der Waals surface area contributed by atoms with Crippen LogP contribution >= 0.6 is 11.3 Å². The second kappa shape index (κ2) is 6.94. The van der Waals surface area contributed by atoms with Gasteiger partial charge in [-0.3, -0.25) is 10.1 Å². The van der Waals surface area contributed by atoms with Crippen molar-refractivity contribution in [2.75, 3.05) is 5.32 Å². The zero-order valence-corrected chi connectivity index (χ0v) is 11.9. The van der Waals surface area contributed by atoms with Crippen molar-refractivity contribution in [3.05, 3.63) is 47.0 Å². The largest absolute Gasteiger partial charge is 0.434 e. The Morgan fingerprint density at radius 1 is 1.43 bits per heavy atom. The second-order valence-electron chi connectivity index (χ2n) is 4.01. The maximum absolute atomic E-state index is 12.3. The van der Waals surface area contributed by atoms with Crippen molar-refractivity contribution in [1.82, 2.24) is 4.98 Å². The fraction of sp³-hybridized carbons (Fsp3) is 0.143. The van der Waals surface area contributed by atoms with E-state index in [1.807, 2.05) is 6.92 Å². The van der Waals surface area contributed by atoms with E-state index in [1.165, 1.54) is 29.6 Å².